The van der Waals surface area contributed by atoms with Crippen LogP contribution in [0.25, 0.3) is 0 Å². The summed E-state index contributed by atoms with van der Waals surface area (Å²) in [5, 5.41) is 0. The van der Waals surface area contributed by atoms with Crippen LogP contribution in [0.2, 0.25) is 0 Å². The van der Waals surface area contributed by atoms with E-state index in [2.05, 4.69) is 25.7 Å². The molecule has 1 saturated carbocycles. The number of nitrogens with two attached hydrogens (primary N) is 1. The fraction of sp³-hybridized carbons (Fsp3) is 0.941. The fourth-order valence-corrected chi connectivity index (χ4v) is 4.16. The maximum absolute atomic E-state index is 12.8. The highest BCUT2D eigenvalue weighted by atomic mass is 16.2. The molecule has 0 bridgehead atoms. The quantitative estimate of drug-likeness (QED) is 0.859. The summed E-state index contributed by atoms with van der Waals surface area (Å²) >= 11 is 0. The Morgan fingerprint density at radius 3 is 2.60 bits per heavy atom. The third-order valence-electron chi connectivity index (χ3n) is 6.10. The van der Waals surface area contributed by atoms with Crippen molar-refractivity contribution in [3.05, 3.63) is 0 Å². The first-order chi connectivity index (χ1) is 9.51. The highest BCUT2D eigenvalue weighted by Crippen LogP contribution is 2.38. The number of carbonyl (C=O) groups excluding carboxylic acids is 1. The predicted molar refractivity (Wildman–Crippen MR) is 83.3 cm³/mol. The lowest BCUT2D eigenvalue weighted by Gasteiger charge is -2.33. The summed E-state index contributed by atoms with van der Waals surface area (Å²) in [7, 11) is 0. The molecule has 2 aliphatic rings. The van der Waals surface area contributed by atoms with Gasteiger partial charge in [0, 0.05) is 25.0 Å². The third-order valence-corrected chi connectivity index (χ3v) is 6.10. The van der Waals surface area contributed by atoms with Gasteiger partial charge in [-0.3, -0.25) is 4.79 Å². The van der Waals surface area contributed by atoms with Gasteiger partial charge < -0.3 is 10.6 Å². The molecule has 1 aliphatic heterocycles. The summed E-state index contributed by atoms with van der Waals surface area (Å²) in [6.45, 7) is 8.59. The molecule has 1 aliphatic carbocycles. The predicted octanol–water partition coefficient (Wildman–Crippen LogP) is 3.18. The van der Waals surface area contributed by atoms with E-state index in [9.17, 15) is 4.79 Å². The Morgan fingerprint density at radius 2 is 2.05 bits per heavy atom. The number of likely N-dealkylation sites (tertiary alicyclic amines) is 1. The zero-order valence-electron chi connectivity index (χ0n) is 13.5. The average molecular weight is 280 g/mol. The van der Waals surface area contributed by atoms with Crippen LogP contribution in [0.5, 0.6) is 0 Å². The number of rotatable bonds is 4. The Hall–Kier alpha value is -0.570. The van der Waals surface area contributed by atoms with Crippen LogP contribution in [0.4, 0.5) is 0 Å². The fourth-order valence-electron chi connectivity index (χ4n) is 4.16. The van der Waals surface area contributed by atoms with Gasteiger partial charge in [-0.2, -0.15) is 0 Å². The van der Waals surface area contributed by atoms with Gasteiger partial charge >= 0.3 is 0 Å². The van der Waals surface area contributed by atoms with E-state index in [1.807, 2.05) is 0 Å². The van der Waals surface area contributed by atoms with Gasteiger partial charge in [-0.25, -0.2) is 0 Å². The molecule has 2 rings (SSSR count). The van der Waals surface area contributed by atoms with Crippen LogP contribution >= 0.6 is 0 Å². The molecule has 2 N–H and O–H groups in total. The summed E-state index contributed by atoms with van der Waals surface area (Å²) < 4.78 is 0. The first-order valence-electron chi connectivity index (χ1n) is 8.55. The topological polar surface area (TPSA) is 46.3 Å². The van der Waals surface area contributed by atoms with E-state index in [4.69, 9.17) is 5.73 Å². The Morgan fingerprint density at radius 1 is 1.35 bits per heavy atom. The molecule has 0 aromatic carbocycles. The number of nitrogens with zero attached hydrogens (tertiary/aromatic N) is 1. The number of carbonyl (C=O) groups is 1. The monoisotopic (exact) mass is 280 g/mol. The van der Waals surface area contributed by atoms with E-state index in [1.54, 1.807) is 0 Å². The van der Waals surface area contributed by atoms with Gasteiger partial charge in [0.15, 0.2) is 0 Å². The van der Waals surface area contributed by atoms with Crippen molar-refractivity contribution in [1.29, 1.82) is 0 Å². The molecule has 1 amide bonds. The molecule has 0 spiro atoms. The minimum Gasteiger partial charge on any atom is -0.342 e. The van der Waals surface area contributed by atoms with Crippen molar-refractivity contribution < 1.29 is 4.79 Å². The molecule has 0 aromatic heterocycles. The number of hydrogen-bond acceptors (Lipinski definition) is 2. The first kappa shape index (κ1) is 15.8. The van der Waals surface area contributed by atoms with Crippen LogP contribution in [0.15, 0.2) is 0 Å². The Bertz CT molecular complexity index is 334. The minimum atomic E-state index is 0.158. The van der Waals surface area contributed by atoms with Gasteiger partial charge in [0.1, 0.15) is 0 Å². The van der Waals surface area contributed by atoms with Crippen molar-refractivity contribution in [1.82, 2.24) is 4.90 Å². The zero-order chi connectivity index (χ0) is 14.8. The normalized spacial score (nSPS) is 31.3. The van der Waals surface area contributed by atoms with Crippen LogP contribution in [0.1, 0.15) is 65.7 Å². The van der Waals surface area contributed by atoms with E-state index in [0.717, 1.165) is 25.9 Å². The van der Waals surface area contributed by atoms with Gasteiger partial charge in [0.25, 0.3) is 0 Å². The summed E-state index contributed by atoms with van der Waals surface area (Å²) in [5.41, 5.74) is 6.47. The maximum atomic E-state index is 12.8. The smallest absolute Gasteiger partial charge is 0.225 e. The summed E-state index contributed by atoms with van der Waals surface area (Å²) in [5.74, 6) is 1.04. The highest BCUT2D eigenvalue weighted by Gasteiger charge is 2.39. The van der Waals surface area contributed by atoms with E-state index in [0.29, 0.717) is 23.3 Å². The molecule has 3 nitrogen and oxygen atoms in total. The molecule has 0 radical (unpaired) electrons. The average Bonchev–Trinajstić information content (AvgIpc) is 2.91. The maximum Gasteiger partial charge on any atom is 0.225 e. The third kappa shape index (κ3) is 3.19. The molecular formula is C17H32N2O. The van der Waals surface area contributed by atoms with Gasteiger partial charge in [-0.05, 0) is 49.9 Å². The van der Waals surface area contributed by atoms with Gasteiger partial charge in [-0.1, -0.05) is 27.2 Å². The summed E-state index contributed by atoms with van der Waals surface area (Å²) in [6.07, 6.45) is 8.11. The Labute approximate surface area is 124 Å². The molecule has 1 saturated heterocycles. The van der Waals surface area contributed by atoms with Gasteiger partial charge in [0.05, 0.1) is 0 Å². The van der Waals surface area contributed by atoms with Crippen LogP contribution in [-0.4, -0.2) is 29.9 Å². The van der Waals surface area contributed by atoms with Crippen molar-refractivity contribution in [3.63, 3.8) is 0 Å². The SMILES string of the molecule is CCC1(CC)CCN(C(=O)C(C)C2CCCC(N)C2)C1. The molecule has 2 fully saturated rings. The highest BCUT2D eigenvalue weighted by molar-refractivity contribution is 5.79. The Balaban J connectivity index is 1.94. The lowest BCUT2D eigenvalue weighted by atomic mass is 9.78. The molecule has 3 atom stereocenters. The zero-order valence-corrected chi connectivity index (χ0v) is 13.5. The summed E-state index contributed by atoms with van der Waals surface area (Å²) in [6, 6.07) is 0.313. The number of hydrogen-bond donors (Lipinski definition) is 1. The molecule has 116 valence electrons. The van der Waals surface area contributed by atoms with Crippen molar-refractivity contribution in [2.75, 3.05) is 13.1 Å². The second kappa shape index (κ2) is 6.46. The second-order valence-electron chi connectivity index (χ2n) is 7.19. The van der Waals surface area contributed by atoms with Crippen LogP contribution in [0, 0.1) is 17.3 Å². The largest absolute Gasteiger partial charge is 0.342 e. The second-order valence-corrected chi connectivity index (χ2v) is 7.19. The van der Waals surface area contributed by atoms with Crippen LogP contribution < -0.4 is 5.73 Å². The van der Waals surface area contributed by atoms with E-state index < -0.39 is 0 Å². The first-order valence-corrected chi connectivity index (χ1v) is 8.55. The molecule has 1 heterocycles. The van der Waals surface area contributed by atoms with Crippen molar-refractivity contribution in [2.45, 2.75) is 71.8 Å². The van der Waals surface area contributed by atoms with E-state index >= 15 is 0 Å². The van der Waals surface area contributed by atoms with Gasteiger partial charge in [-0.15, -0.1) is 0 Å². The lowest BCUT2D eigenvalue weighted by molar-refractivity contribution is -0.136. The van der Waals surface area contributed by atoms with Crippen LogP contribution in [0.3, 0.4) is 0 Å². The van der Waals surface area contributed by atoms with E-state index in [1.165, 1.54) is 32.1 Å². The summed E-state index contributed by atoms with van der Waals surface area (Å²) in [4.78, 5) is 14.9. The molecule has 0 aromatic rings. The lowest BCUT2D eigenvalue weighted by Crippen LogP contribution is -2.40. The van der Waals surface area contributed by atoms with Gasteiger partial charge in [0.2, 0.25) is 5.91 Å². The van der Waals surface area contributed by atoms with E-state index in [-0.39, 0.29) is 5.92 Å². The number of amides is 1. The molecular weight excluding hydrogens is 248 g/mol. The molecule has 3 heteroatoms. The Kier molecular flexibility index (Phi) is 5.11. The minimum absolute atomic E-state index is 0.158. The standard InChI is InChI=1S/C17H32N2O/c1-4-17(5-2)9-10-19(12-17)16(20)13(3)14-7-6-8-15(18)11-14/h13-15H,4-12,18H2,1-3H3. The molecule has 20 heavy (non-hydrogen) atoms. The van der Waals surface area contributed by atoms with Crippen molar-refractivity contribution in [2.24, 2.45) is 23.0 Å². The molecule has 3 unspecified atom stereocenters. The van der Waals surface area contributed by atoms with Crippen molar-refractivity contribution in [3.8, 4) is 0 Å². The van der Waals surface area contributed by atoms with Crippen LogP contribution in [-0.2, 0) is 4.79 Å². The van der Waals surface area contributed by atoms with Crippen molar-refractivity contribution >= 4 is 5.91 Å².